The zero-order valence-corrected chi connectivity index (χ0v) is 11.1. The van der Waals surface area contributed by atoms with Crippen molar-refractivity contribution in [2.24, 2.45) is 0 Å². The van der Waals surface area contributed by atoms with Crippen molar-refractivity contribution in [2.75, 3.05) is 19.7 Å². The van der Waals surface area contributed by atoms with Gasteiger partial charge in [-0.15, -0.1) is 0 Å². The summed E-state index contributed by atoms with van der Waals surface area (Å²) in [6, 6.07) is 0. The second-order valence-corrected chi connectivity index (χ2v) is 5.82. The van der Waals surface area contributed by atoms with Gasteiger partial charge in [0.05, 0.1) is 12.1 Å². The van der Waals surface area contributed by atoms with E-state index in [0.29, 0.717) is 12.4 Å². The highest BCUT2D eigenvalue weighted by molar-refractivity contribution is 6.01. The van der Waals surface area contributed by atoms with E-state index in [-0.39, 0.29) is 11.3 Å². The molecule has 18 heavy (non-hydrogen) atoms. The van der Waals surface area contributed by atoms with E-state index in [9.17, 15) is 4.79 Å². The van der Waals surface area contributed by atoms with Crippen molar-refractivity contribution in [3.8, 4) is 0 Å². The molecule has 0 aromatic carbocycles. The molecule has 100 valence electrons. The van der Waals surface area contributed by atoms with Crippen molar-refractivity contribution in [1.29, 1.82) is 0 Å². The van der Waals surface area contributed by atoms with Crippen molar-refractivity contribution in [3.05, 3.63) is 11.8 Å². The fourth-order valence-electron chi connectivity index (χ4n) is 3.74. The molecule has 0 bridgehead atoms. The van der Waals surface area contributed by atoms with Gasteiger partial charge < -0.3 is 4.74 Å². The summed E-state index contributed by atoms with van der Waals surface area (Å²) in [5.74, 6) is 0.941. The largest absolute Gasteiger partial charge is 0.490 e. The lowest BCUT2D eigenvalue weighted by Gasteiger charge is -2.38. The minimum absolute atomic E-state index is 0.209. The summed E-state index contributed by atoms with van der Waals surface area (Å²) in [7, 11) is 0. The third-order valence-corrected chi connectivity index (χ3v) is 4.72. The summed E-state index contributed by atoms with van der Waals surface area (Å²) >= 11 is 0. The van der Waals surface area contributed by atoms with E-state index in [1.54, 1.807) is 0 Å². The Kier molecular flexibility index (Phi) is 3.42. The number of rotatable bonds is 3. The molecule has 0 amide bonds. The van der Waals surface area contributed by atoms with Crippen LogP contribution in [0.1, 0.15) is 51.4 Å². The van der Waals surface area contributed by atoms with Gasteiger partial charge in [-0.1, -0.05) is 12.8 Å². The Morgan fingerprint density at radius 1 is 1.11 bits per heavy atom. The van der Waals surface area contributed by atoms with Gasteiger partial charge in [-0.25, -0.2) is 0 Å². The Morgan fingerprint density at radius 3 is 2.44 bits per heavy atom. The summed E-state index contributed by atoms with van der Waals surface area (Å²) in [4.78, 5) is 15.3. The van der Waals surface area contributed by atoms with Crippen LogP contribution in [0.15, 0.2) is 11.8 Å². The molecule has 0 aromatic heterocycles. The van der Waals surface area contributed by atoms with E-state index in [1.165, 1.54) is 25.7 Å². The van der Waals surface area contributed by atoms with Gasteiger partial charge in [-0.05, 0) is 57.7 Å². The van der Waals surface area contributed by atoms with Crippen LogP contribution < -0.4 is 0 Å². The SMILES string of the molecule is O=C(C1=CCCCO1)C1(N2CCCC2)CCCC1. The monoisotopic (exact) mass is 249 g/mol. The molecular weight excluding hydrogens is 226 g/mol. The quantitative estimate of drug-likeness (QED) is 0.770. The minimum atomic E-state index is -0.209. The molecule has 0 aromatic rings. The zero-order valence-electron chi connectivity index (χ0n) is 11.1. The first kappa shape index (κ1) is 12.2. The normalized spacial score (nSPS) is 27.9. The van der Waals surface area contributed by atoms with E-state index >= 15 is 0 Å². The highest BCUT2D eigenvalue weighted by atomic mass is 16.5. The van der Waals surface area contributed by atoms with Crippen molar-refractivity contribution in [1.82, 2.24) is 4.90 Å². The van der Waals surface area contributed by atoms with E-state index < -0.39 is 0 Å². The number of carbonyl (C=O) groups is 1. The molecule has 2 aliphatic heterocycles. The van der Waals surface area contributed by atoms with Crippen molar-refractivity contribution < 1.29 is 9.53 Å². The van der Waals surface area contributed by atoms with Crippen LogP contribution in [0, 0.1) is 0 Å². The molecule has 0 unspecified atom stereocenters. The number of Topliss-reactive ketones (excluding diaryl/α,β-unsaturated/α-hetero) is 1. The van der Waals surface area contributed by atoms with Crippen LogP contribution in [0.5, 0.6) is 0 Å². The van der Waals surface area contributed by atoms with E-state index in [4.69, 9.17) is 4.74 Å². The topological polar surface area (TPSA) is 29.5 Å². The number of carbonyl (C=O) groups excluding carboxylic acids is 1. The van der Waals surface area contributed by atoms with Gasteiger partial charge in [0.1, 0.15) is 0 Å². The van der Waals surface area contributed by atoms with E-state index in [1.807, 2.05) is 6.08 Å². The number of ether oxygens (including phenoxy) is 1. The molecule has 2 fully saturated rings. The Bertz CT molecular complexity index is 350. The fraction of sp³-hybridized carbons (Fsp3) is 0.800. The zero-order chi connectivity index (χ0) is 12.4. The van der Waals surface area contributed by atoms with Crippen molar-refractivity contribution >= 4 is 5.78 Å². The highest BCUT2D eigenvalue weighted by Crippen LogP contribution is 2.40. The maximum Gasteiger partial charge on any atom is 0.217 e. The van der Waals surface area contributed by atoms with Gasteiger partial charge in [-0.3, -0.25) is 9.69 Å². The standard InChI is InChI=1S/C15H23NO2/c17-14(13-7-1-6-12-18-13)15(8-2-3-9-15)16-10-4-5-11-16/h7H,1-6,8-12H2. The van der Waals surface area contributed by atoms with Crippen LogP contribution in [-0.4, -0.2) is 35.9 Å². The molecule has 1 saturated carbocycles. The molecular formula is C15H23NO2. The summed E-state index contributed by atoms with van der Waals surface area (Å²) in [6.07, 6.45) is 11.0. The predicted octanol–water partition coefficient (Wildman–Crippen LogP) is 2.66. The van der Waals surface area contributed by atoms with Crippen LogP contribution in [0.3, 0.4) is 0 Å². The average molecular weight is 249 g/mol. The van der Waals surface area contributed by atoms with Gasteiger partial charge in [0.2, 0.25) is 5.78 Å². The van der Waals surface area contributed by atoms with E-state index in [2.05, 4.69) is 4.90 Å². The molecule has 3 aliphatic rings. The van der Waals surface area contributed by atoms with Crippen LogP contribution in [0.2, 0.25) is 0 Å². The Balaban J connectivity index is 1.84. The van der Waals surface area contributed by atoms with Crippen LogP contribution in [-0.2, 0) is 9.53 Å². The first-order valence-electron chi connectivity index (χ1n) is 7.46. The molecule has 0 radical (unpaired) electrons. The van der Waals surface area contributed by atoms with Crippen LogP contribution in [0.4, 0.5) is 0 Å². The second-order valence-electron chi connectivity index (χ2n) is 5.82. The summed E-state index contributed by atoms with van der Waals surface area (Å²) in [5.41, 5.74) is -0.209. The Labute approximate surface area is 109 Å². The number of likely N-dealkylation sites (tertiary alicyclic amines) is 1. The average Bonchev–Trinajstić information content (AvgIpc) is 3.10. The van der Waals surface area contributed by atoms with Crippen molar-refractivity contribution in [3.63, 3.8) is 0 Å². The summed E-state index contributed by atoms with van der Waals surface area (Å²) in [5, 5.41) is 0. The van der Waals surface area contributed by atoms with Crippen LogP contribution in [0.25, 0.3) is 0 Å². The third-order valence-electron chi connectivity index (χ3n) is 4.72. The fourth-order valence-corrected chi connectivity index (χ4v) is 3.74. The first-order valence-corrected chi connectivity index (χ1v) is 7.46. The highest BCUT2D eigenvalue weighted by Gasteiger charge is 2.48. The predicted molar refractivity (Wildman–Crippen MR) is 70.3 cm³/mol. The van der Waals surface area contributed by atoms with Gasteiger partial charge in [0, 0.05) is 0 Å². The molecule has 0 N–H and O–H groups in total. The van der Waals surface area contributed by atoms with Gasteiger partial charge in [0.15, 0.2) is 5.76 Å². The third kappa shape index (κ3) is 1.99. The maximum atomic E-state index is 12.9. The molecule has 2 heterocycles. The lowest BCUT2D eigenvalue weighted by Crippen LogP contribution is -2.52. The lowest BCUT2D eigenvalue weighted by atomic mass is 9.88. The maximum absolute atomic E-state index is 12.9. The number of nitrogens with zero attached hydrogens (tertiary/aromatic N) is 1. The number of hydrogen-bond acceptors (Lipinski definition) is 3. The van der Waals surface area contributed by atoms with Crippen molar-refractivity contribution in [2.45, 2.75) is 56.9 Å². The molecule has 3 nitrogen and oxygen atoms in total. The van der Waals surface area contributed by atoms with Crippen LogP contribution >= 0.6 is 0 Å². The Morgan fingerprint density at radius 2 is 1.83 bits per heavy atom. The first-order chi connectivity index (χ1) is 8.83. The smallest absolute Gasteiger partial charge is 0.217 e. The number of ketones is 1. The molecule has 3 rings (SSSR count). The molecule has 0 atom stereocenters. The molecule has 1 saturated heterocycles. The molecule has 3 heteroatoms. The van der Waals surface area contributed by atoms with E-state index in [0.717, 1.165) is 38.8 Å². The van der Waals surface area contributed by atoms with Gasteiger partial charge in [0.25, 0.3) is 0 Å². The summed E-state index contributed by atoms with van der Waals surface area (Å²) < 4.78 is 5.62. The summed E-state index contributed by atoms with van der Waals surface area (Å²) in [6.45, 7) is 2.91. The second kappa shape index (κ2) is 5.04. The lowest BCUT2D eigenvalue weighted by molar-refractivity contribution is -0.130. The number of hydrogen-bond donors (Lipinski definition) is 0. The molecule has 0 spiro atoms. The molecule has 1 aliphatic carbocycles. The number of allylic oxidation sites excluding steroid dienone is 1. The van der Waals surface area contributed by atoms with Gasteiger partial charge >= 0.3 is 0 Å². The minimum Gasteiger partial charge on any atom is -0.490 e. The van der Waals surface area contributed by atoms with Gasteiger partial charge in [-0.2, -0.15) is 0 Å². The Hall–Kier alpha value is -0.830.